The summed E-state index contributed by atoms with van der Waals surface area (Å²) in [6.45, 7) is 5.88. The zero-order valence-corrected chi connectivity index (χ0v) is 13.6. The van der Waals surface area contributed by atoms with E-state index in [1.54, 1.807) is 19.4 Å². The fraction of sp³-hybridized carbons (Fsp3) is 0.688. The van der Waals surface area contributed by atoms with Gasteiger partial charge in [0.2, 0.25) is 11.8 Å². The zero-order chi connectivity index (χ0) is 16.2. The molecule has 1 aromatic heterocycles. The van der Waals surface area contributed by atoms with Gasteiger partial charge >= 0.3 is 0 Å². The molecule has 0 bridgehead atoms. The van der Waals surface area contributed by atoms with Crippen molar-refractivity contribution in [3.8, 4) is 0 Å². The number of rotatable bonds is 4. The van der Waals surface area contributed by atoms with Gasteiger partial charge in [-0.3, -0.25) is 9.59 Å². The molecule has 3 heterocycles. The number of aromatic nitrogens is 2. The summed E-state index contributed by atoms with van der Waals surface area (Å²) in [5, 5.41) is 0. The van der Waals surface area contributed by atoms with Crippen LogP contribution >= 0.6 is 0 Å². The summed E-state index contributed by atoms with van der Waals surface area (Å²) in [4.78, 5) is 31.6. The zero-order valence-electron chi connectivity index (χ0n) is 13.6. The number of imidazole rings is 1. The molecule has 126 valence electrons. The largest absolute Gasteiger partial charge is 0.371 e. The number of carbonyl (C=O) groups excluding carboxylic acids is 2. The summed E-state index contributed by atoms with van der Waals surface area (Å²) in [5.41, 5.74) is 1.04. The molecule has 0 aliphatic carbocycles. The van der Waals surface area contributed by atoms with Gasteiger partial charge in [0, 0.05) is 45.2 Å². The molecule has 0 N–H and O–H groups in total. The molecule has 1 atom stereocenters. The van der Waals surface area contributed by atoms with Crippen molar-refractivity contribution in [2.24, 2.45) is 5.92 Å². The van der Waals surface area contributed by atoms with E-state index >= 15 is 0 Å². The molecule has 7 heteroatoms. The standard InChI is InChI=1S/C16H24N4O3/c1-13(21)19-7-14(8-20-12-17-6-15(20)9-19)10-23-11-16(22)18-4-2-3-5-18/h6,12,14H,2-5,7-11H2,1H3/t14-/m0/s1. The molecule has 1 aromatic rings. The maximum absolute atomic E-state index is 12.0. The first-order chi connectivity index (χ1) is 11.1. The third-order valence-corrected chi connectivity index (χ3v) is 4.57. The average molecular weight is 320 g/mol. The number of amides is 2. The first-order valence-electron chi connectivity index (χ1n) is 8.23. The summed E-state index contributed by atoms with van der Waals surface area (Å²) in [6, 6.07) is 0. The van der Waals surface area contributed by atoms with Crippen molar-refractivity contribution in [1.82, 2.24) is 19.4 Å². The van der Waals surface area contributed by atoms with Gasteiger partial charge in [-0.1, -0.05) is 0 Å². The highest BCUT2D eigenvalue weighted by atomic mass is 16.5. The van der Waals surface area contributed by atoms with Gasteiger partial charge in [0.1, 0.15) is 6.61 Å². The lowest BCUT2D eigenvalue weighted by atomic mass is 10.1. The topological polar surface area (TPSA) is 67.7 Å². The number of hydrogen-bond acceptors (Lipinski definition) is 4. The normalized spacial score (nSPS) is 21.2. The van der Waals surface area contributed by atoms with Gasteiger partial charge in [-0.25, -0.2) is 4.98 Å². The van der Waals surface area contributed by atoms with E-state index in [1.165, 1.54) is 0 Å². The molecule has 7 nitrogen and oxygen atoms in total. The average Bonchev–Trinajstić information content (AvgIpc) is 3.16. The SMILES string of the molecule is CC(=O)N1Cc2cncn2C[C@@H](COCC(=O)N2CCCC2)C1. The summed E-state index contributed by atoms with van der Waals surface area (Å²) in [6.07, 6.45) is 5.77. The third kappa shape index (κ3) is 3.90. The highest BCUT2D eigenvalue weighted by Gasteiger charge is 2.24. The number of hydrogen-bond donors (Lipinski definition) is 0. The summed E-state index contributed by atoms with van der Waals surface area (Å²) in [7, 11) is 0. The Bertz CT molecular complexity index is 565. The Morgan fingerprint density at radius 2 is 2.04 bits per heavy atom. The van der Waals surface area contributed by atoms with Gasteiger partial charge < -0.3 is 19.1 Å². The number of likely N-dealkylation sites (tertiary alicyclic amines) is 1. The Labute approximate surface area is 136 Å². The fourth-order valence-electron chi connectivity index (χ4n) is 3.27. The van der Waals surface area contributed by atoms with E-state index in [2.05, 4.69) is 9.55 Å². The predicted octanol–water partition coefficient (Wildman–Crippen LogP) is 0.500. The summed E-state index contributed by atoms with van der Waals surface area (Å²) < 4.78 is 7.73. The fourth-order valence-corrected chi connectivity index (χ4v) is 3.27. The van der Waals surface area contributed by atoms with Gasteiger partial charge in [0.05, 0.1) is 25.2 Å². The summed E-state index contributed by atoms with van der Waals surface area (Å²) in [5.74, 6) is 0.293. The molecule has 0 unspecified atom stereocenters. The van der Waals surface area contributed by atoms with Crippen molar-refractivity contribution in [3.05, 3.63) is 18.2 Å². The minimum absolute atomic E-state index is 0.0535. The Morgan fingerprint density at radius 3 is 2.78 bits per heavy atom. The first kappa shape index (κ1) is 16.0. The number of fused-ring (bicyclic) bond motifs is 1. The second-order valence-electron chi connectivity index (χ2n) is 6.41. The Balaban J connectivity index is 1.54. The number of nitrogens with zero attached hydrogens (tertiary/aromatic N) is 4. The van der Waals surface area contributed by atoms with Crippen LogP contribution in [0.5, 0.6) is 0 Å². The van der Waals surface area contributed by atoms with Crippen LogP contribution in [0.1, 0.15) is 25.5 Å². The molecule has 3 rings (SSSR count). The van der Waals surface area contributed by atoms with Gasteiger partial charge in [-0.2, -0.15) is 0 Å². The molecule has 1 fully saturated rings. The maximum Gasteiger partial charge on any atom is 0.248 e. The quantitative estimate of drug-likeness (QED) is 0.810. The van der Waals surface area contributed by atoms with Crippen molar-refractivity contribution in [2.45, 2.75) is 32.9 Å². The van der Waals surface area contributed by atoms with Crippen LogP contribution in [0.15, 0.2) is 12.5 Å². The second-order valence-corrected chi connectivity index (χ2v) is 6.41. The van der Waals surface area contributed by atoms with Crippen molar-refractivity contribution in [1.29, 1.82) is 0 Å². The predicted molar refractivity (Wildman–Crippen MR) is 83.4 cm³/mol. The molecule has 2 amide bonds. The van der Waals surface area contributed by atoms with Gasteiger partial charge in [0.15, 0.2) is 0 Å². The van der Waals surface area contributed by atoms with Crippen molar-refractivity contribution < 1.29 is 14.3 Å². The van der Waals surface area contributed by atoms with Crippen LogP contribution in [0.3, 0.4) is 0 Å². The molecule has 0 aromatic carbocycles. The Kier molecular flexibility index (Phi) is 4.95. The Hall–Kier alpha value is -1.89. The van der Waals surface area contributed by atoms with Gasteiger partial charge in [0.25, 0.3) is 0 Å². The molecule has 23 heavy (non-hydrogen) atoms. The molecule has 0 saturated carbocycles. The minimum atomic E-state index is 0.0535. The molecule has 0 spiro atoms. The monoisotopic (exact) mass is 320 g/mol. The van der Waals surface area contributed by atoms with E-state index in [0.29, 0.717) is 19.7 Å². The lowest BCUT2D eigenvalue weighted by Gasteiger charge is -2.23. The smallest absolute Gasteiger partial charge is 0.248 e. The van der Waals surface area contributed by atoms with E-state index in [9.17, 15) is 9.59 Å². The van der Waals surface area contributed by atoms with Crippen LogP contribution in [0.2, 0.25) is 0 Å². The minimum Gasteiger partial charge on any atom is -0.371 e. The summed E-state index contributed by atoms with van der Waals surface area (Å²) >= 11 is 0. The number of ether oxygens (including phenoxy) is 1. The van der Waals surface area contributed by atoms with Crippen molar-refractivity contribution >= 4 is 11.8 Å². The van der Waals surface area contributed by atoms with E-state index in [-0.39, 0.29) is 24.3 Å². The number of carbonyl (C=O) groups is 2. The lowest BCUT2D eigenvalue weighted by molar-refractivity contribution is -0.136. The van der Waals surface area contributed by atoms with Crippen LogP contribution < -0.4 is 0 Å². The molecular weight excluding hydrogens is 296 g/mol. The molecular formula is C16H24N4O3. The van der Waals surface area contributed by atoms with Crippen LogP contribution in [0.25, 0.3) is 0 Å². The molecule has 0 radical (unpaired) electrons. The molecule has 2 aliphatic rings. The van der Waals surface area contributed by atoms with E-state index < -0.39 is 0 Å². The highest BCUT2D eigenvalue weighted by Crippen LogP contribution is 2.17. The van der Waals surface area contributed by atoms with E-state index in [4.69, 9.17) is 4.74 Å². The van der Waals surface area contributed by atoms with Crippen LogP contribution in [-0.2, 0) is 27.4 Å². The van der Waals surface area contributed by atoms with Gasteiger partial charge in [-0.05, 0) is 12.8 Å². The molecule has 2 aliphatic heterocycles. The van der Waals surface area contributed by atoms with Crippen molar-refractivity contribution in [2.75, 3.05) is 32.8 Å². The first-order valence-corrected chi connectivity index (χ1v) is 8.23. The van der Waals surface area contributed by atoms with E-state index in [1.807, 2.05) is 9.80 Å². The van der Waals surface area contributed by atoms with Crippen LogP contribution in [-0.4, -0.2) is 64.0 Å². The molecule has 1 saturated heterocycles. The highest BCUT2D eigenvalue weighted by molar-refractivity contribution is 5.77. The third-order valence-electron chi connectivity index (χ3n) is 4.57. The lowest BCUT2D eigenvalue weighted by Crippen LogP contribution is -2.35. The Morgan fingerprint density at radius 1 is 1.26 bits per heavy atom. The van der Waals surface area contributed by atoms with Crippen molar-refractivity contribution in [3.63, 3.8) is 0 Å². The van der Waals surface area contributed by atoms with Crippen LogP contribution in [0, 0.1) is 5.92 Å². The van der Waals surface area contributed by atoms with Crippen LogP contribution in [0.4, 0.5) is 0 Å². The maximum atomic E-state index is 12.0. The van der Waals surface area contributed by atoms with E-state index in [0.717, 1.165) is 38.2 Å². The van der Waals surface area contributed by atoms with Gasteiger partial charge in [-0.15, -0.1) is 0 Å². The second kappa shape index (κ2) is 7.12.